The molecule has 2 nitrogen and oxygen atoms in total. The van der Waals surface area contributed by atoms with Gasteiger partial charge in [0.05, 0.1) is 40.3 Å². The number of imidazole rings is 1. The highest BCUT2D eigenvalue weighted by molar-refractivity contribution is 6.67. The lowest BCUT2D eigenvalue weighted by Gasteiger charge is -2.39. The van der Waals surface area contributed by atoms with Crippen LogP contribution in [0.15, 0.2) is 176 Å². The van der Waals surface area contributed by atoms with Crippen LogP contribution in [0.3, 0.4) is 0 Å². The number of nitrogens with zero attached hydrogens (tertiary/aromatic N) is 2. The van der Waals surface area contributed by atoms with Crippen LogP contribution in [0.5, 0.6) is 0 Å². The van der Waals surface area contributed by atoms with Gasteiger partial charge in [0.25, 0.3) is 0 Å². The van der Waals surface area contributed by atoms with E-state index in [2.05, 4.69) is 220 Å². The van der Waals surface area contributed by atoms with Gasteiger partial charge in [0.2, 0.25) is 0 Å². The van der Waals surface area contributed by atoms with Crippen LogP contribution in [-0.4, -0.2) is 48.8 Å². The number of aromatic nitrogens is 2. The highest BCUT2D eigenvalue weighted by atomic mass is 15.1. The van der Waals surface area contributed by atoms with E-state index < -0.39 is 0 Å². The van der Waals surface area contributed by atoms with Crippen LogP contribution < -0.4 is 0 Å². The summed E-state index contributed by atoms with van der Waals surface area (Å²) >= 11 is 0. The van der Waals surface area contributed by atoms with E-state index in [-0.39, 0.29) is 10.3 Å². The molecule has 7 heteroatoms. The summed E-state index contributed by atoms with van der Waals surface area (Å²) in [6.45, 7) is 0. The smallest absolute Gasteiger partial charge is 0.106 e. The van der Waals surface area contributed by atoms with Gasteiger partial charge in [0, 0.05) is 5.56 Å². The molecule has 0 amide bonds. The molecule has 1 aliphatic carbocycles. The number of rotatable bonds is 6. The molecule has 58 heavy (non-hydrogen) atoms. The first-order valence-corrected chi connectivity index (χ1v) is 20.5. The molecule has 268 valence electrons. The van der Waals surface area contributed by atoms with Crippen molar-refractivity contribution < 1.29 is 0 Å². The predicted octanol–water partition coefficient (Wildman–Crippen LogP) is 8.53. The van der Waals surface area contributed by atoms with Crippen molar-refractivity contribution in [3.05, 3.63) is 182 Å². The first kappa shape index (κ1) is 34.8. The number of para-hydroxylation sites is 3. The summed E-state index contributed by atoms with van der Waals surface area (Å²) in [7, 11) is 11.6. The van der Waals surface area contributed by atoms with Crippen LogP contribution in [0.4, 0.5) is 0 Å². The minimum absolute atomic E-state index is 0.00996. The van der Waals surface area contributed by atoms with Gasteiger partial charge in [-0.1, -0.05) is 158 Å². The molecule has 0 aliphatic heterocycles. The summed E-state index contributed by atoms with van der Waals surface area (Å²) in [5, 5.41) is 7.50. The highest BCUT2D eigenvalue weighted by Gasteiger charge is 2.38. The zero-order valence-corrected chi connectivity index (χ0v) is 33.6. The summed E-state index contributed by atoms with van der Waals surface area (Å²) in [4.78, 5) is 5.30. The van der Waals surface area contributed by atoms with E-state index in [1.54, 1.807) is 0 Å². The topological polar surface area (TPSA) is 17.8 Å². The van der Waals surface area contributed by atoms with E-state index in [0.717, 1.165) is 22.5 Å². The molecule has 1 aliphatic rings. The van der Waals surface area contributed by atoms with Gasteiger partial charge in [-0.3, -0.25) is 4.57 Å². The molecule has 0 N–H and O–H groups in total. The summed E-state index contributed by atoms with van der Waals surface area (Å²) in [5.74, 6) is 1.08. The lowest BCUT2D eigenvalue weighted by molar-refractivity contribution is 0.757. The molecule has 0 fully saturated rings. The van der Waals surface area contributed by atoms with Gasteiger partial charge >= 0.3 is 0 Å². The summed E-state index contributed by atoms with van der Waals surface area (Å²) in [6.07, 6.45) is 0. The Labute approximate surface area is 344 Å². The zero-order valence-electron chi connectivity index (χ0n) is 33.6. The van der Waals surface area contributed by atoms with E-state index in [4.69, 9.17) is 4.98 Å². The number of fused-ring (bicyclic) bond motifs is 6. The molecule has 1 aromatic heterocycles. The van der Waals surface area contributed by atoms with Crippen molar-refractivity contribution in [2.75, 3.05) is 0 Å². The number of benzene rings is 9. The Kier molecular flexibility index (Phi) is 7.66. The third-order valence-electron chi connectivity index (χ3n) is 13.4. The van der Waals surface area contributed by atoms with Gasteiger partial charge < -0.3 is 0 Å². The average molecular weight is 734 g/mol. The normalized spacial score (nSPS) is 12.5. The maximum atomic E-state index is 5.30. The number of hydrogen-bond acceptors (Lipinski definition) is 1. The zero-order chi connectivity index (χ0) is 39.3. The fraction of sp³-hybridized carbons (Fsp3) is 0.0392. The van der Waals surface area contributed by atoms with Gasteiger partial charge in [0.15, 0.2) is 0 Å². The molecular weight excluding hydrogens is 695 g/mol. The summed E-state index contributed by atoms with van der Waals surface area (Å²) < 4.78 is 2.41. The maximum Gasteiger partial charge on any atom is 0.106 e. The lowest BCUT2D eigenvalue weighted by Crippen LogP contribution is -2.45. The molecule has 9 aromatic carbocycles. The molecular formula is C51H39B5N2. The van der Waals surface area contributed by atoms with E-state index in [9.17, 15) is 0 Å². The molecule has 0 atom stereocenters. The molecule has 1 heterocycles. The monoisotopic (exact) mass is 734 g/mol. The van der Waals surface area contributed by atoms with Crippen LogP contribution in [0.25, 0.3) is 105 Å². The predicted molar refractivity (Wildman–Crippen MR) is 261 cm³/mol. The van der Waals surface area contributed by atoms with E-state index in [1.165, 1.54) is 88.0 Å². The Bertz CT molecular complexity index is 3220. The average Bonchev–Trinajstić information content (AvgIpc) is 3.81. The summed E-state index contributed by atoms with van der Waals surface area (Å²) in [6, 6.07) is 65.0. The van der Waals surface area contributed by atoms with E-state index >= 15 is 0 Å². The molecule has 11 rings (SSSR count). The van der Waals surface area contributed by atoms with Crippen LogP contribution >= 0.6 is 0 Å². The van der Waals surface area contributed by atoms with Gasteiger partial charge in [-0.2, -0.15) is 0 Å². The fourth-order valence-corrected chi connectivity index (χ4v) is 9.51. The third kappa shape index (κ3) is 5.02. The molecule has 0 radical (unpaired) electrons. The Morgan fingerprint density at radius 1 is 0.379 bits per heavy atom. The Hall–Kier alpha value is -6.45. The fourth-order valence-electron chi connectivity index (χ4n) is 9.51. The van der Waals surface area contributed by atoms with Crippen molar-refractivity contribution in [3.8, 4) is 61.3 Å². The molecule has 0 saturated carbocycles. The molecule has 0 bridgehead atoms. The number of hydrogen-bond donors (Lipinski definition) is 0. The third-order valence-corrected chi connectivity index (χ3v) is 13.4. The van der Waals surface area contributed by atoms with Gasteiger partial charge in [-0.15, -0.1) is 5.11 Å². The van der Waals surface area contributed by atoms with Crippen LogP contribution in [0, 0.1) is 0 Å². The molecule has 0 saturated heterocycles. The standard InChI is InChI=1S/C51H39B5N2/c52-50(53,51(54,55)56)49-57-43-21-8-10-23-45(43)58(49)44-22-9-7-12-32(44)30-24-26-31(27-25-30)46-36-15-3-5-17-38(36)48(39-18-6-4-16-37(39)46)42-29-28-41-34-14-2-1-13-33(34)35-19-11-20-40(42)47(35)41/h1-29H,52-56H2. The molecule has 0 unspecified atom stereocenters. The largest absolute Gasteiger partial charge is 0.296 e. The van der Waals surface area contributed by atoms with Crippen molar-refractivity contribution in [1.82, 2.24) is 9.55 Å². The quantitative estimate of drug-likeness (QED) is 0.124. The summed E-state index contributed by atoms with van der Waals surface area (Å²) in [5.41, 5.74) is 16.0. The van der Waals surface area contributed by atoms with Gasteiger partial charge in [-0.05, 0) is 106 Å². The van der Waals surface area contributed by atoms with Crippen molar-refractivity contribution >= 4 is 82.6 Å². The van der Waals surface area contributed by atoms with E-state index in [0.29, 0.717) is 0 Å². The first-order chi connectivity index (χ1) is 28.2. The second kappa shape index (κ2) is 12.8. The van der Waals surface area contributed by atoms with Crippen molar-refractivity contribution in [2.24, 2.45) is 0 Å². The van der Waals surface area contributed by atoms with E-state index in [1.807, 2.05) is 0 Å². The van der Waals surface area contributed by atoms with Crippen LogP contribution in [-0.2, 0) is 5.21 Å². The van der Waals surface area contributed by atoms with Gasteiger partial charge in [0.1, 0.15) is 21.5 Å². The second-order valence-corrected chi connectivity index (χ2v) is 17.5. The Balaban J connectivity index is 1.09. The second-order valence-electron chi connectivity index (χ2n) is 17.5. The lowest BCUT2D eigenvalue weighted by atomic mass is 9.23. The van der Waals surface area contributed by atoms with Crippen molar-refractivity contribution in [3.63, 3.8) is 0 Å². The maximum absolute atomic E-state index is 5.30. The molecule has 10 aromatic rings. The van der Waals surface area contributed by atoms with Crippen molar-refractivity contribution in [2.45, 2.75) is 10.3 Å². The Morgan fingerprint density at radius 3 is 1.52 bits per heavy atom. The Morgan fingerprint density at radius 2 is 0.862 bits per heavy atom. The van der Waals surface area contributed by atoms with Crippen molar-refractivity contribution in [1.29, 1.82) is 0 Å². The highest BCUT2D eigenvalue weighted by Crippen LogP contribution is 2.52. The minimum atomic E-state index is -0.199. The van der Waals surface area contributed by atoms with Crippen LogP contribution in [0.1, 0.15) is 5.82 Å². The minimum Gasteiger partial charge on any atom is -0.296 e. The SMILES string of the molecule is BC(B)(B)C(B)(B)c1nc2ccccc2n1-c1ccccc1-c1ccc(-c2c3ccccc3c(-c3ccc4c5c(cccc35)-c3ccccc3-4)c3ccccc23)cc1. The first-order valence-electron chi connectivity index (χ1n) is 20.5. The molecule has 0 spiro atoms. The van der Waals surface area contributed by atoms with Gasteiger partial charge in [-0.25, -0.2) is 4.98 Å². The van der Waals surface area contributed by atoms with Crippen LogP contribution in [0.2, 0.25) is 5.11 Å².